The van der Waals surface area contributed by atoms with Crippen molar-refractivity contribution in [3.8, 4) is 0 Å². The third kappa shape index (κ3) is 2.40. The highest BCUT2D eigenvalue weighted by Gasteiger charge is 2.48. The molecule has 0 spiro atoms. The number of nitrogens with one attached hydrogen (secondary N) is 1. The summed E-state index contributed by atoms with van der Waals surface area (Å²) in [6.45, 7) is 6.93. The van der Waals surface area contributed by atoms with Crippen molar-refractivity contribution >= 4 is 6.02 Å². The summed E-state index contributed by atoms with van der Waals surface area (Å²) < 4.78 is 5.23. The minimum atomic E-state index is 0.379. The maximum absolute atomic E-state index is 7.73. The SMILES string of the molecule is CCC[C@@H]1[C@@H](CCC)N1C(=N)OCC. The molecule has 0 bridgehead atoms. The van der Waals surface area contributed by atoms with Crippen molar-refractivity contribution in [1.82, 2.24) is 4.90 Å². The Labute approximate surface area is 86.9 Å². The van der Waals surface area contributed by atoms with E-state index in [0.29, 0.717) is 24.7 Å². The molecule has 1 rings (SSSR count). The maximum atomic E-state index is 7.73. The molecular formula is C11H22N2O. The zero-order chi connectivity index (χ0) is 10.6. The third-order valence-electron chi connectivity index (χ3n) is 2.75. The van der Waals surface area contributed by atoms with Crippen molar-refractivity contribution < 1.29 is 4.74 Å². The lowest BCUT2D eigenvalue weighted by atomic mass is 10.1. The first-order valence-electron chi connectivity index (χ1n) is 5.75. The Hall–Kier alpha value is -0.730. The van der Waals surface area contributed by atoms with Gasteiger partial charge in [-0.05, 0) is 19.8 Å². The molecule has 1 N–H and O–H groups in total. The van der Waals surface area contributed by atoms with Crippen molar-refractivity contribution in [2.45, 2.75) is 58.5 Å². The van der Waals surface area contributed by atoms with Crippen LogP contribution in [0.1, 0.15) is 46.5 Å². The molecule has 0 aromatic heterocycles. The van der Waals surface area contributed by atoms with E-state index in [1.54, 1.807) is 0 Å². The summed E-state index contributed by atoms with van der Waals surface area (Å²) in [6.07, 6.45) is 4.78. The number of amidine groups is 1. The van der Waals surface area contributed by atoms with Crippen LogP contribution in [0, 0.1) is 5.41 Å². The smallest absolute Gasteiger partial charge is 0.285 e. The van der Waals surface area contributed by atoms with Gasteiger partial charge in [0.1, 0.15) is 0 Å². The second kappa shape index (κ2) is 5.23. The van der Waals surface area contributed by atoms with E-state index in [-0.39, 0.29) is 0 Å². The Kier molecular flexibility index (Phi) is 4.23. The molecule has 0 saturated carbocycles. The fraction of sp³-hybridized carbons (Fsp3) is 0.909. The minimum Gasteiger partial charge on any atom is -0.466 e. The predicted octanol–water partition coefficient (Wildman–Crippen LogP) is 2.61. The van der Waals surface area contributed by atoms with E-state index in [0.717, 1.165) is 0 Å². The van der Waals surface area contributed by atoms with Crippen molar-refractivity contribution in [2.24, 2.45) is 0 Å². The summed E-state index contributed by atoms with van der Waals surface area (Å²) in [7, 11) is 0. The fourth-order valence-corrected chi connectivity index (χ4v) is 2.10. The van der Waals surface area contributed by atoms with E-state index in [9.17, 15) is 0 Å². The molecule has 0 aliphatic carbocycles. The normalized spacial score (nSPS) is 24.9. The molecule has 2 atom stereocenters. The number of hydrogen-bond donors (Lipinski definition) is 1. The van der Waals surface area contributed by atoms with Crippen LogP contribution in [0.2, 0.25) is 0 Å². The molecule has 14 heavy (non-hydrogen) atoms. The molecule has 0 amide bonds. The Morgan fingerprint density at radius 2 is 1.64 bits per heavy atom. The fourth-order valence-electron chi connectivity index (χ4n) is 2.10. The molecule has 0 aromatic carbocycles. The lowest BCUT2D eigenvalue weighted by molar-refractivity contribution is 0.281. The van der Waals surface area contributed by atoms with Gasteiger partial charge in [0.15, 0.2) is 0 Å². The molecule has 1 aliphatic heterocycles. The standard InChI is InChI=1S/C11H22N2O/c1-4-7-9-10(8-5-2)13(9)11(12)14-6-3/h9-10,12H,4-8H2,1-3H3/t9-,10-/m1/s1. The molecule has 1 aliphatic rings. The Morgan fingerprint density at radius 3 is 2.00 bits per heavy atom. The van der Waals surface area contributed by atoms with Gasteiger partial charge in [0.05, 0.1) is 18.7 Å². The highest BCUT2D eigenvalue weighted by atomic mass is 16.5. The molecule has 1 saturated heterocycles. The minimum absolute atomic E-state index is 0.379. The van der Waals surface area contributed by atoms with Crippen molar-refractivity contribution in [3.05, 3.63) is 0 Å². The zero-order valence-electron chi connectivity index (χ0n) is 9.55. The molecule has 0 radical (unpaired) electrons. The number of hydrogen-bond acceptors (Lipinski definition) is 2. The molecule has 0 unspecified atom stereocenters. The maximum Gasteiger partial charge on any atom is 0.285 e. The Bertz CT molecular complexity index is 182. The lowest BCUT2D eigenvalue weighted by Crippen LogP contribution is -2.17. The molecular weight excluding hydrogens is 176 g/mol. The van der Waals surface area contributed by atoms with Crippen LogP contribution in [0.5, 0.6) is 0 Å². The molecule has 1 heterocycles. The van der Waals surface area contributed by atoms with Crippen LogP contribution in [0.3, 0.4) is 0 Å². The summed E-state index contributed by atoms with van der Waals surface area (Å²) in [5.74, 6) is 0. The van der Waals surface area contributed by atoms with Crippen LogP contribution in [0.15, 0.2) is 0 Å². The summed E-state index contributed by atoms with van der Waals surface area (Å²) in [5, 5.41) is 7.73. The number of nitrogens with zero attached hydrogens (tertiary/aromatic N) is 1. The first-order valence-corrected chi connectivity index (χ1v) is 5.75. The van der Waals surface area contributed by atoms with Crippen LogP contribution < -0.4 is 0 Å². The summed E-state index contributed by atoms with van der Waals surface area (Å²) in [4.78, 5) is 2.12. The topological polar surface area (TPSA) is 36.1 Å². The van der Waals surface area contributed by atoms with Gasteiger partial charge < -0.3 is 9.64 Å². The highest BCUT2D eigenvalue weighted by molar-refractivity contribution is 5.74. The average Bonchev–Trinajstić information content (AvgIpc) is 2.81. The van der Waals surface area contributed by atoms with Gasteiger partial charge in [0.25, 0.3) is 6.02 Å². The summed E-state index contributed by atoms with van der Waals surface area (Å²) in [5.41, 5.74) is 0. The molecule has 1 fully saturated rings. The highest BCUT2D eigenvalue weighted by Crippen LogP contribution is 2.35. The average molecular weight is 198 g/mol. The second-order valence-electron chi connectivity index (χ2n) is 3.86. The van der Waals surface area contributed by atoms with Gasteiger partial charge in [-0.15, -0.1) is 0 Å². The van der Waals surface area contributed by atoms with Crippen LogP contribution in [-0.4, -0.2) is 29.6 Å². The van der Waals surface area contributed by atoms with Crippen LogP contribution >= 0.6 is 0 Å². The summed E-state index contributed by atoms with van der Waals surface area (Å²) >= 11 is 0. The third-order valence-corrected chi connectivity index (χ3v) is 2.75. The van der Waals surface area contributed by atoms with Gasteiger partial charge >= 0.3 is 0 Å². The molecule has 0 aromatic rings. The van der Waals surface area contributed by atoms with E-state index >= 15 is 0 Å². The van der Waals surface area contributed by atoms with Crippen molar-refractivity contribution in [2.75, 3.05) is 6.61 Å². The Morgan fingerprint density at radius 1 is 1.14 bits per heavy atom. The van der Waals surface area contributed by atoms with Gasteiger partial charge in [0, 0.05) is 0 Å². The van der Waals surface area contributed by atoms with E-state index in [1.165, 1.54) is 25.7 Å². The van der Waals surface area contributed by atoms with E-state index in [2.05, 4.69) is 18.7 Å². The van der Waals surface area contributed by atoms with Crippen LogP contribution in [0.25, 0.3) is 0 Å². The van der Waals surface area contributed by atoms with Gasteiger partial charge in [0.2, 0.25) is 0 Å². The first kappa shape index (κ1) is 11.3. The number of ether oxygens (including phenoxy) is 1. The van der Waals surface area contributed by atoms with Gasteiger partial charge in [-0.25, -0.2) is 0 Å². The van der Waals surface area contributed by atoms with Crippen LogP contribution in [0.4, 0.5) is 0 Å². The Balaban J connectivity index is 2.40. The number of rotatable bonds is 5. The quantitative estimate of drug-likeness (QED) is 0.419. The van der Waals surface area contributed by atoms with E-state index < -0.39 is 0 Å². The van der Waals surface area contributed by atoms with Crippen molar-refractivity contribution in [1.29, 1.82) is 5.41 Å². The van der Waals surface area contributed by atoms with Gasteiger partial charge in [-0.1, -0.05) is 26.7 Å². The predicted molar refractivity (Wildman–Crippen MR) is 58.6 cm³/mol. The summed E-state index contributed by atoms with van der Waals surface area (Å²) in [6, 6.07) is 1.54. The second-order valence-corrected chi connectivity index (χ2v) is 3.86. The molecule has 3 nitrogen and oxygen atoms in total. The van der Waals surface area contributed by atoms with Gasteiger partial charge in [-0.3, -0.25) is 5.41 Å². The zero-order valence-corrected chi connectivity index (χ0v) is 9.55. The molecule has 3 heteroatoms. The lowest BCUT2D eigenvalue weighted by Gasteiger charge is -2.07. The van der Waals surface area contributed by atoms with Crippen molar-refractivity contribution in [3.63, 3.8) is 0 Å². The van der Waals surface area contributed by atoms with E-state index in [4.69, 9.17) is 10.1 Å². The van der Waals surface area contributed by atoms with E-state index in [1.807, 2.05) is 6.92 Å². The largest absolute Gasteiger partial charge is 0.466 e. The van der Waals surface area contributed by atoms with Crippen LogP contribution in [-0.2, 0) is 4.74 Å². The first-order chi connectivity index (χ1) is 6.76. The molecule has 82 valence electrons. The monoisotopic (exact) mass is 198 g/mol. The van der Waals surface area contributed by atoms with Gasteiger partial charge in [-0.2, -0.15) is 0 Å².